The van der Waals surface area contributed by atoms with Crippen LogP contribution in [0.1, 0.15) is 33.6 Å². The molecule has 292 valence electrons. The van der Waals surface area contributed by atoms with Gasteiger partial charge in [0.25, 0.3) is 0 Å². The molecule has 4 aromatic rings. The number of amidine groups is 1. The van der Waals surface area contributed by atoms with Crippen molar-refractivity contribution >= 4 is 55.0 Å². The molecule has 1 aromatic heterocycles. The van der Waals surface area contributed by atoms with Gasteiger partial charge >= 0.3 is 0 Å². The number of carbonyl (C=O) groups is 2. The molecule has 2 amide bonds. The molecule has 11 nitrogen and oxygen atoms in total. The summed E-state index contributed by atoms with van der Waals surface area (Å²) in [6.07, 6.45) is 2.77. The lowest BCUT2D eigenvalue weighted by Gasteiger charge is -2.38. The highest BCUT2D eigenvalue weighted by molar-refractivity contribution is 9.10. The summed E-state index contributed by atoms with van der Waals surface area (Å²) >= 11 is 5.12. The molecule has 0 aliphatic carbocycles. The van der Waals surface area contributed by atoms with Crippen LogP contribution in [-0.2, 0) is 9.59 Å². The van der Waals surface area contributed by atoms with E-state index in [1.807, 2.05) is 74.2 Å². The molecule has 56 heavy (non-hydrogen) atoms. The number of benzene rings is 3. The number of imide groups is 1. The molecule has 0 saturated carbocycles. The van der Waals surface area contributed by atoms with Crippen molar-refractivity contribution < 1.29 is 24.2 Å². The van der Waals surface area contributed by atoms with E-state index in [0.29, 0.717) is 31.0 Å². The number of piperidine rings is 1. The van der Waals surface area contributed by atoms with Crippen LogP contribution in [0, 0.1) is 0 Å². The second-order valence-corrected chi connectivity index (χ2v) is 16.1. The molecule has 13 heteroatoms. The first-order valence-corrected chi connectivity index (χ1v) is 20.5. The standard InChI is InChI=1S/C43H47BrN6O5S/c1-5-36(40-27(2)28(3)50(29(4)46-40)37-16-17-39(52)47-43(37)53)45-18-19-48-20-22-49(23-21-48)24-25-54-33-11-13-34(14-12-33)55-41-35-15-10-32(51)26-38(35)56-42(41)30-6-8-31(44)9-7-30/h5-15,26,37,45,51H,3,16-25H2,1-2,4H3,(H,47,52,53)/b36-5+. The third-order valence-corrected chi connectivity index (χ3v) is 12.1. The first-order chi connectivity index (χ1) is 27.1. The maximum atomic E-state index is 12.6. The van der Waals surface area contributed by atoms with Crippen molar-refractivity contribution in [1.29, 1.82) is 0 Å². The van der Waals surface area contributed by atoms with Gasteiger partial charge in [0.1, 0.15) is 35.7 Å². The van der Waals surface area contributed by atoms with Crippen molar-refractivity contribution in [2.75, 3.05) is 52.4 Å². The number of hydrogen-bond acceptors (Lipinski definition) is 11. The molecule has 0 spiro atoms. The SMILES string of the molecule is C=C1C(C)=C(/C(=C\C)NCCN2CCN(CCOc3ccc(Oc4c(-c5ccc(Br)cc5)sc5cc(O)ccc45)cc3)CC2)N=C(C)N1C1CCC(=O)NC1=O. The summed E-state index contributed by atoms with van der Waals surface area (Å²) < 4.78 is 14.6. The second-order valence-electron chi connectivity index (χ2n) is 14.1. The lowest BCUT2D eigenvalue weighted by atomic mass is 9.99. The number of thiophene rings is 1. The van der Waals surface area contributed by atoms with Crippen LogP contribution in [0.4, 0.5) is 0 Å². The van der Waals surface area contributed by atoms with Crippen molar-refractivity contribution in [2.24, 2.45) is 4.99 Å². The smallest absolute Gasteiger partial charge is 0.249 e. The largest absolute Gasteiger partial charge is 0.508 e. The molecule has 0 radical (unpaired) electrons. The predicted octanol–water partition coefficient (Wildman–Crippen LogP) is 7.65. The molecule has 3 aliphatic heterocycles. The number of nitrogens with zero attached hydrogens (tertiary/aromatic N) is 4. The van der Waals surface area contributed by atoms with Crippen LogP contribution in [0.3, 0.4) is 0 Å². The Balaban J connectivity index is 0.852. The summed E-state index contributed by atoms with van der Waals surface area (Å²) in [5.74, 6) is 2.66. The zero-order chi connectivity index (χ0) is 39.3. The van der Waals surface area contributed by atoms with Crippen LogP contribution in [0.15, 0.2) is 112 Å². The number of amides is 2. The Hall–Kier alpha value is -4.95. The van der Waals surface area contributed by atoms with Crippen LogP contribution in [-0.4, -0.2) is 95.9 Å². The van der Waals surface area contributed by atoms with Crippen molar-refractivity contribution in [3.8, 4) is 33.4 Å². The van der Waals surface area contributed by atoms with Crippen LogP contribution >= 0.6 is 27.3 Å². The molecule has 1 atom stereocenters. The number of phenolic OH excluding ortho intramolecular Hbond substituents is 1. The maximum absolute atomic E-state index is 12.6. The number of hydrogen-bond donors (Lipinski definition) is 3. The van der Waals surface area contributed by atoms with Crippen molar-refractivity contribution in [1.82, 2.24) is 25.3 Å². The number of aliphatic imine (C=N–C) groups is 1. The Bertz CT molecular complexity index is 2200. The third-order valence-electron chi connectivity index (χ3n) is 10.4. The van der Waals surface area contributed by atoms with Crippen molar-refractivity contribution in [3.63, 3.8) is 0 Å². The van der Waals surface area contributed by atoms with Gasteiger partial charge in [-0.2, -0.15) is 0 Å². The number of ether oxygens (including phenoxy) is 2. The zero-order valence-corrected chi connectivity index (χ0v) is 34.3. The second kappa shape index (κ2) is 17.5. The minimum Gasteiger partial charge on any atom is -0.508 e. The van der Waals surface area contributed by atoms with Gasteiger partial charge in [-0.1, -0.05) is 40.7 Å². The Morgan fingerprint density at radius 2 is 1.71 bits per heavy atom. The minimum absolute atomic E-state index is 0.230. The molecule has 2 fully saturated rings. The molecule has 3 aliphatic rings. The van der Waals surface area contributed by atoms with Gasteiger partial charge in [-0.3, -0.25) is 24.7 Å². The van der Waals surface area contributed by atoms with E-state index in [1.165, 1.54) is 0 Å². The van der Waals surface area contributed by atoms with Crippen LogP contribution in [0.5, 0.6) is 23.0 Å². The van der Waals surface area contributed by atoms with Gasteiger partial charge in [-0.25, -0.2) is 4.99 Å². The van der Waals surface area contributed by atoms with E-state index < -0.39 is 6.04 Å². The van der Waals surface area contributed by atoms with E-state index in [1.54, 1.807) is 23.5 Å². The molecule has 1 unspecified atom stereocenters. The molecule has 3 N–H and O–H groups in total. The van der Waals surface area contributed by atoms with Gasteiger partial charge in [0.15, 0.2) is 5.75 Å². The fourth-order valence-corrected chi connectivity index (χ4v) is 8.73. The van der Waals surface area contributed by atoms with Gasteiger partial charge in [-0.15, -0.1) is 11.3 Å². The van der Waals surface area contributed by atoms with Crippen LogP contribution in [0.25, 0.3) is 20.5 Å². The normalized spacial score (nSPS) is 18.7. The fourth-order valence-electron chi connectivity index (χ4n) is 7.29. The van der Waals surface area contributed by atoms with E-state index in [-0.39, 0.29) is 17.6 Å². The molecule has 7 rings (SSSR count). The Labute approximate surface area is 340 Å². The van der Waals surface area contributed by atoms with Gasteiger partial charge in [0, 0.05) is 72.5 Å². The number of rotatable bonds is 13. The van der Waals surface area contributed by atoms with Gasteiger partial charge in [0.05, 0.1) is 16.3 Å². The number of aromatic hydroxyl groups is 1. The molecular weight excluding hydrogens is 792 g/mol. The Morgan fingerprint density at radius 1 is 1.02 bits per heavy atom. The zero-order valence-electron chi connectivity index (χ0n) is 31.9. The van der Waals surface area contributed by atoms with E-state index in [2.05, 4.69) is 55.1 Å². The molecule has 2 saturated heterocycles. The van der Waals surface area contributed by atoms with E-state index in [9.17, 15) is 14.7 Å². The molecule has 4 heterocycles. The van der Waals surface area contributed by atoms with E-state index in [4.69, 9.17) is 14.5 Å². The number of allylic oxidation sites excluding steroid dienone is 2. The van der Waals surface area contributed by atoms with Gasteiger partial charge < -0.3 is 24.8 Å². The quantitative estimate of drug-likeness (QED) is 0.117. The van der Waals surface area contributed by atoms with Gasteiger partial charge in [0.2, 0.25) is 11.8 Å². The number of phenols is 1. The fraction of sp³-hybridized carbons (Fsp3) is 0.326. The minimum atomic E-state index is -0.491. The highest BCUT2D eigenvalue weighted by Crippen LogP contribution is 2.47. The van der Waals surface area contributed by atoms with Crippen molar-refractivity contribution in [3.05, 3.63) is 107 Å². The number of halogens is 1. The van der Waals surface area contributed by atoms with Crippen LogP contribution < -0.4 is 20.1 Å². The topological polar surface area (TPSA) is 119 Å². The molecule has 3 aromatic carbocycles. The number of piperazine rings is 1. The summed E-state index contributed by atoms with van der Waals surface area (Å²) in [7, 11) is 0. The molecular formula is C43H47BrN6O5S. The summed E-state index contributed by atoms with van der Waals surface area (Å²) in [6, 6.07) is 20.8. The summed E-state index contributed by atoms with van der Waals surface area (Å²) in [5.41, 5.74) is 4.45. The lowest BCUT2D eigenvalue weighted by molar-refractivity contribution is -0.136. The van der Waals surface area contributed by atoms with Gasteiger partial charge in [-0.05, 0) is 92.9 Å². The monoisotopic (exact) mass is 838 g/mol. The maximum Gasteiger partial charge on any atom is 0.249 e. The predicted molar refractivity (Wildman–Crippen MR) is 226 cm³/mol. The first kappa shape index (κ1) is 39.3. The highest BCUT2D eigenvalue weighted by Gasteiger charge is 2.36. The molecule has 0 bridgehead atoms. The van der Waals surface area contributed by atoms with E-state index in [0.717, 1.165) is 105 Å². The average molecular weight is 840 g/mol. The van der Waals surface area contributed by atoms with E-state index >= 15 is 0 Å². The Morgan fingerprint density at radius 3 is 2.41 bits per heavy atom. The summed E-state index contributed by atoms with van der Waals surface area (Å²) in [4.78, 5) is 36.9. The third kappa shape index (κ3) is 8.86. The summed E-state index contributed by atoms with van der Waals surface area (Å²) in [6.45, 7) is 17.2. The Kier molecular flexibility index (Phi) is 12.2. The van der Waals surface area contributed by atoms with Crippen molar-refractivity contribution in [2.45, 2.75) is 39.7 Å². The number of carbonyl (C=O) groups excluding carboxylic acids is 2. The number of nitrogens with one attached hydrogen (secondary N) is 2. The number of fused-ring (bicyclic) bond motifs is 1. The average Bonchev–Trinajstić information content (AvgIpc) is 3.54. The van der Waals surface area contributed by atoms with Crippen LogP contribution in [0.2, 0.25) is 0 Å². The lowest BCUT2D eigenvalue weighted by Crippen LogP contribution is -2.54. The first-order valence-electron chi connectivity index (χ1n) is 18.9. The highest BCUT2D eigenvalue weighted by atomic mass is 79.9. The summed E-state index contributed by atoms with van der Waals surface area (Å²) in [5, 5.41) is 17.1.